The van der Waals surface area contributed by atoms with Gasteiger partial charge in [-0.15, -0.1) is 0 Å². The molecule has 2 aromatic carbocycles. The topological polar surface area (TPSA) is 30.5 Å². The van der Waals surface area contributed by atoms with Gasteiger partial charge in [-0.05, 0) is 30.3 Å². The van der Waals surface area contributed by atoms with Crippen molar-refractivity contribution in [1.29, 1.82) is 0 Å². The molecule has 0 saturated carbocycles. The molecule has 1 heterocycles. The van der Waals surface area contributed by atoms with Gasteiger partial charge < -0.3 is 14.8 Å². The quantitative estimate of drug-likeness (QED) is 0.882. The third-order valence-corrected chi connectivity index (χ3v) is 3.75. The van der Waals surface area contributed by atoms with Crippen LogP contribution in [-0.4, -0.2) is 19.8 Å². The van der Waals surface area contributed by atoms with Crippen molar-refractivity contribution < 1.29 is 9.47 Å². The Hall–Kier alpha value is -2.00. The molecule has 0 amide bonds. The molecule has 0 saturated heterocycles. The minimum absolute atomic E-state index is 0.322. The van der Waals surface area contributed by atoms with Crippen LogP contribution in [0, 0.1) is 0 Å². The summed E-state index contributed by atoms with van der Waals surface area (Å²) in [5, 5.41) is 3.31. The van der Waals surface area contributed by atoms with Gasteiger partial charge >= 0.3 is 0 Å². The van der Waals surface area contributed by atoms with Gasteiger partial charge in [0.15, 0.2) is 0 Å². The highest BCUT2D eigenvalue weighted by Crippen LogP contribution is 2.33. The van der Waals surface area contributed by atoms with Gasteiger partial charge in [0, 0.05) is 12.1 Å². The molecule has 0 fully saturated rings. The van der Waals surface area contributed by atoms with Crippen molar-refractivity contribution in [2.24, 2.45) is 0 Å². The van der Waals surface area contributed by atoms with Gasteiger partial charge in [-0.1, -0.05) is 37.3 Å². The fourth-order valence-corrected chi connectivity index (χ4v) is 2.54. The van der Waals surface area contributed by atoms with Crippen molar-refractivity contribution in [2.45, 2.75) is 19.4 Å². The molecular formula is C18H21NO2. The van der Waals surface area contributed by atoms with Crippen molar-refractivity contribution in [1.82, 2.24) is 5.32 Å². The number of hydrogen-bond acceptors (Lipinski definition) is 3. The van der Waals surface area contributed by atoms with Gasteiger partial charge in [-0.3, -0.25) is 0 Å². The Bertz CT molecular complexity index is 580. The van der Waals surface area contributed by atoms with E-state index in [0.717, 1.165) is 24.6 Å². The van der Waals surface area contributed by atoms with Gasteiger partial charge in [0.05, 0.1) is 19.1 Å². The predicted octanol–water partition coefficient (Wildman–Crippen LogP) is 3.35. The summed E-state index contributed by atoms with van der Waals surface area (Å²) in [5.41, 5.74) is 2.53. The molecule has 1 atom stereocenters. The Morgan fingerprint density at radius 3 is 2.76 bits per heavy atom. The molecular weight excluding hydrogens is 262 g/mol. The normalized spacial score (nSPS) is 16.3. The molecule has 0 aliphatic carbocycles. The third-order valence-electron chi connectivity index (χ3n) is 3.75. The Balaban J connectivity index is 1.56. The molecule has 21 heavy (non-hydrogen) atoms. The molecule has 3 heteroatoms. The van der Waals surface area contributed by atoms with Crippen molar-refractivity contribution in [3.8, 4) is 11.5 Å². The first-order valence-electron chi connectivity index (χ1n) is 7.51. The van der Waals surface area contributed by atoms with Crippen LogP contribution >= 0.6 is 0 Å². The average molecular weight is 283 g/mol. The summed E-state index contributed by atoms with van der Waals surface area (Å²) in [7, 11) is 0. The summed E-state index contributed by atoms with van der Waals surface area (Å²) in [6.45, 7) is 5.36. The summed E-state index contributed by atoms with van der Waals surface area (Å²) >= 11 is 0. The van der Waals surface area contributed by atoms with Crippen LogP contribution < -0.4 is 14.8 Å². The second-order valence-electron chi connectivity index (χ2n) is 5.28. The highest BCUT2D eigenvalue weighted by molar-refractivity contribution is 5.39. The Morgan fingerprint density at radius 1 is 1.14 bits per heavy atom. The number of benzene rings is 2. The van der Waals surface area contributed by atoms with Crippen LogP contribution in [0.1, 0.15) is 24.0 Å². The second-order valence-corrected chi connectivity index (χ2v) is 5.28. The van der Waals surface area contributed by atoms with Crippen LogP contribution in [0.2, 0.25) is 0 Å². The number of rotatable bonds is 6. The maximum absolute atomic E-state index is 5.91. The number of ether oxygens (including phenoxy) is 2. The first-order chi connectivity index (χ1) is 10.4. The largest absolute Gasteiger partial charge is 0.493 e. The Morgan fingerprint density at radius 2 is 1.95 bits per heavy atom. The van der Waals surface area contributed by atoms with E-state index in [1.165, 1.54) is 11.1 Å². The van der Waals surface area contributed by atoms with Crippen LogP contribution in [0.25, 0.3) is 0 Å². The Kier molecular flexibility index (Phi) is 4.41. The zero-order chi connectivity index (χ0) is 14.5. The van der Waals surface area contributed by atoms with E-state index < -0.39 is 0 Å². The standard InChI is InChI=1S/C18H21NO2/c1-2-19-11-14-7-9-16(10-8-14)20-12-15-13-21-18-6-4-3-5-17(15)18/h3-10,15,19H,2,11-13H2,1H3. The number of fused-ring (bicyclic) bond motifs is 1. The first-order valence-corrected chi connectivity index (χ1v) is 7.51. The molecule has 1 N–H and O–H groups in total. The zero-order valence-corrected chi connectivity index (χ0v) is 12.3. The van der Waals surface area contributed by atoms with Crippen molar-refractivity contribution >= 4 is 0 Å². The number of hydrogen-bond donors (Lipinski definition) is 1. The summed E-state index contributed by atoms with van der Waals surface area (Å²) in [5.74, 6) is 2.23. The minimum atomic E-state index is 0.322. The molecule has 1 aliphatic heterocycles. The molecule has 1 aliphatic rings. The summed E-state index contributed by atoms with van der Waals surface area (Å²) in [6, 6.07) is 16.5. The molecule has 0 radical (unpaired) electrons. The van der Waals surface area contributed by atoms with E-state index in [1.54, 1.807) is 0 Å². The van der Waals surface area contributed by atoms with E-state index >= 15 is 0 Å². The monoisotopic (exact) mass is 283 g/mol. The second kappa shape index (κ2) is 6.64. The maximum atomic E-state index is 5.91. The maximum Gasteiger partial charge on any atom is 0.123 e. The number of nitrogens with one attached hydrogen (secondary N) is 1. The molecule has 3 rings (SSSR count). The van der Waals surface area contributed by atoms with E-state index in [4.69, 9.17) is 9.47 Å². The summed E-state index contributed by atoms with van der Waals surface area (Å²) in [6.07, 6.45) is 0. The summed E-state index contributed by atoms with van der Waals surface area (Å²) in [4.78, 5) is 0. The van der Waals surface area contributed by atoms with E-state index in [0.29, 0.717) is 19.1 Å². The fraction of sp³-hybridized carbons (Fsp3) is 0.333. The van der Waals surface area contributed by atoms with Gasteiger partial charge in [-0.25, -0.2) is 0 Å². The van der Waals surface area contributed by atoms with Gasteiger partial charge in [0.25, 0.3) is 0 Å². The van der Waals surface area contributed by atoms with Crippen LogP contribution in [-0.2, 0) is 6.54 Å². The molecule has 0 aromatic heterocycles. The smallest absolute Gasteiger partial charge is 0.123 e. The van der Waals surface area contributed by atoms with Gasteiger partial charge in [0.1, 0.15) is 11.5 Å². The van der Waals surface area contributed by atoms with Crippen LogP contribution in [0.5, 0.6) is 11.5 Å². The third kappa shape index (κ3) is 3.37. The van der Waals surface area contributed by atoms with E-state index in [2.05, 4.69) is 36.5 Å². The van der Waals surface area contributed by atoms with Gasteiger partial charge in [0.2, 0.25) is 0 Å². The van der Waals surface area contributed by atoms with Crippen LogP contribution in [0.15, 0.2) is 48.5 Å². The predicted molar refractivity (Wildman–Crippen MR) is 84.0 cm³/mol. The lowest BCUT2D eigenvalue weighted by Gasteiger charge is -2.11. The van der Waals surface area contributed by atoms with E-state index in [1.807, 2.05) is 24.3 Å². The first kappa shape index (κ1) is 14.0. The highest BCUT2D eigenvalue weighted by Gasteiger charge is 2.24. The Labute approximate surface area is 125 Å². The molecule has 3 nitrogen and oxygen atoms in total. The van der Waals surface area contributed by atoms with Crippen molar-refractivity contribution in [3.05, 3.63) is 59.7 Å². The lowest BCUT2D eigenvalue weighted by molar-refractivity contribution is 0.248. The van der Waals surface area contributed by atoms with Crippen LogP contribution in [0.3, 0.4) is 0 Å². The molecule has 1 unspecified atom stereocenters. The molecule has 0 spiro atoms. The lowest BCUT2D eigenvalue weighted by atomic mass is 10.0. The molecule has 2 aromatic rings. The lowest BCUT2D eigenvalue weighted by Crippen LogP contribution is -2.12. The average Bonchev–Trinajstić information content (AvgIpc) is 2.95. The fourth-order valence-electron chi connectivity index (χ4n) is 2.54. The van der Waals surface area contributed by atoms with Gasteiger partial charge in [-0.2, -0.15) is 0 Å². The number of para-hydroxylation sites is 1. The van der Waals surface area contributed by atoms with Crippen LogP contribution in [0.4, 0.5) is 0 Å². The van der Waals surface area contributed by atoms with E-state index in [-0.39, 0.29) is 0 Å². The van der Waals surface area contributed by atoms with Crippen molar-refractivity contribution in [2.75, 3.05) is 19.8 Å². The van der Waals surface area contributed by atoms with Crippen molar-refractivity contribution in [3.63, 3.8) is 0 Å². The zero-order valence-electron chi connectivity index (χ0n) is 12.3. The minimum Gasteiger partial charge on any atom is -0.493 e. The SMILES string of the molecule is CCNCc1ccc(OCC2COc3ccccc32)cc1. The highest BCUT2D eigenvalue weighted by atomic mass is 16.5. The van der Waals surface area contributed by atoms with E-state index in [9.17, 15) is 0 Å². The summed E-state index contributed by atoms with van der Waals surface area (Å²) < 4.78 is 11.6. The molecule has 110 valence electrons. The molecule has 0 bridgehead atoms.